The van der Waals surface area contributed by atoms with Gasteiger partial charge in [0.05, 0.1) is 11.9 Å². The fourth-order valence-corrected chi connectivity index (χ4v) is 4.28. The Balaban J connectivity index is 1.22. The number of carbonyl (C=O) groups excluding carboxylic acids is 2. The highest BCUT2D eigenvalue weighted by atomic mass is 16.5. The molecule has 0 unspecified atom stereocenters. The van der Waals surface area contributed by atoms with Crippen LogP contribution in [0, 0.1) is 0 Å². The van der Waals surface area contributed by atoms with E-state index in [1.807, 2.05) is 24.3 Å². The molecule has 3 N–H and O–H groups in total. The molecule has 1 aliphatic rings. The Hall–Kier alpha value is -4.14. The van der Waals surface area contributed by atoms with Crippen molar-refractivity contribution in [1.29, 1.82) is 0 Å². The second-order valence-corrected chi connectivity index (χ2v) is 8.43. The van der Waals surface area contributed by atoms with Crippen molar-refractivity contribution in [3.8, 4) is 11.1 Å². The summed E-state index contributed by atoms with van der Waals surface area (Å²) in [7, 11) is 0. The lowest BCUT2D eigenvalue weighted by Crippen LogP contribution is -2.28. The van der Waals surface area contributed by atoms with Crippen LogP contribution in [0.5, 0.6) is 0 Å². The summed E-state index contributed by atoms with van der Waals surface area (Å²) in [4.78, 5) is 35.0. The van der Waals surface area contributed by atoms with Crippen molar-refractivity contribution < 1.29 is 24.2 Å². The molecule has 2 amide bonds. The first-order valence-electron chi connectivity index (χ1n) is 11.6. The first-order valence-corrected chi connectivity index (χ1v) is 11.6. The molecule has 1 aromatic heterocycles. The number of carboxylic acids is 1. The van der Waals surface area contributed by atoms with Crippen molar-refractivity contribution in [2.45, 2.75) is 38.1 Å². The summed E-state index contributed by atoms with van der Waals surface area (Å²) in [6, 6.07) is 16.3. The number of anilines is 1. The van der Waals surface area contributed by atoms with Gasteiger partial charge in [0, 0.05) is 25.1 Å². The van der Waals surface area contributed by atoms with E-state index in [-0.39, 0.29) is 31.4 Å². The SMILES string of the molecule is O=C(O)CCCCCNC(=O)Cn1cc(NC(=O)OCC2c3ccccc3-c3ccccc32)cn1. The van der Waals surface area contributed by atoms with Crippen molar-refractivity contribution in [1.82, 2.24) is 15.1 Å². The number of nitrogens with zero attached hydrogens (tertiary/aromatic N) is 2. The van der Waals surface area contributed by atoms with E-state index in [1.54, 1.807) is 6.20 Å². The van der Waals surface area contributed by atoms with Gasteiger partial charge in [0.1, 0.15) is 13.2 Å². The number of fused-ring (bicyclic) bond motifs is 3. The third-order valence-corrected chi connectivity index (χ3v) is 5.92. The molecule has 4 rings (SSSR count). The number of carbonyl (C=O) groups is 3. The van der Waals surface area contributed by atoms with E-state index in [0.717, 1.165) is 28.7 Å². The molecule has 0 spiro atoms. The van der Waals surface area contributed by atoms with Crippen LogP contribution in [0.4, 0.5) is 10.5 Å². The second kappa shape index (κ2) is 11.3. The number of rotatable bonds is 11. The smallest absolute Gasteiger partial charge is 0.411 e. The van der Waals surface area contributed by atoms with Gasteiger partial charge in [-0.25, -0.2) is 4.79 Å². The normalized spacial score (nSPS) is 12.0. The molecule has 9 nitrogen and oxygen atoms in total. The number of ether oxygens (including phenoxy) is 1. The first-order chi connectivity index (χ1) is 17.0. The van der Waals surface area contributed by atoms with E-state index < -0.39 is 12.1 Å². The van der Waals surface area contributed by atoms with E-state index in [4.69, 9.17) is 9.84 Å². The molecule has 1 aliphatic carbocycles. The third-order valence-electron chi connectivity index (χ3n) is 5.92. The topological polar surface area (TPSA) is 123 Å². The van der Waals surface area contributed by atoms with Crippen LogP contribution in [-0.4, -0.2) is 46.0 Å². The number of unbranched alkanes of at least 4 members (excludes halogenated alkanes) is 2. The summed E-state index contributed by atoms with van der Waals surface area (Å²) in [6.45, 7) is 0.703. The number of aromatic nitrogens is 2. The van der Waals surface area contributed by atoms with E-state index in [9.17, 15) is 14.4 Å². The number of hydrogen-bond donors (Lipinski definition) is 3. The van der Waals surface area contributed by atoms with Crippen LogP contribution < -0.4 is 10.6 Å². The fraction of sp³-hybridized carbons (Fsp3) is 0.308. The number of aliphatic carboxylic acids is 1. The lowest BCUT2D eigenvalue weighted by atomic mass is 9.98. The Morgan fingerprint density at radius 2 is 1.66 bits per heavy atom. The van der Waals surface area contributed by atoms with Crippen LogP contribution in [0.15, 0.2) is 60.9 Å². The van der Waals surface area contributed by atoms with E-state index in [0.29, 0.717) is 25.1 Å². The second-order valence-electron chi connectivity index (χ2n) is 8.43. The maximum Gasteiger partial charge on any atom is 0.411 e. The molecule has 0 atom stereocenters. The van der Waals surface area contributed by atoms with E-state index in [2.05, 4.69) is 40.0 Å². The zero-order valence-electron chi connectivity index (χ0n) is 19.3. The number of hydrogen-bond acceptors (Lipinski definition) is 5. The highest BCUT2D eigenvalue weighted by Crippen LogP contribution is 2.44. The summed E-state index contributed by atoms with van der Waals surface area (Å²) < 4.78 is 6.96. The maximum absolute atomic E-state index is 12.4. The molecule has 0 saturated heterocycles. The van der Waals surface area contributed by atoms with Crippen LogP contribution in [0.25, 0.3) is 11.1 Å². The summed E-state index contributed by atoms with van der Waals surface area (Å²) >= 11 is 0. The van der Waals surface area contributed by atoms with Crippen molar-refractivity contribution in [2.75, 3.05) is 18.5 Å². The predicted octanol–water partition coefficient (Wildman–Crippen LogP) is 4.01. The van der Waals surface area contributed by atoms with Gasteiger partial charge in [0.2, 0.25) is 5.91 Å². The van der Waals surface area contributed by atoms with Gasteiger partial charge in [0.25, 0.3) is 0 Å². The fourth-order valence-electron chi connectivity index (χ4n) is 4.28. The monoisotopic (exact) mass is 476 g/mol. The minimum atomic E-state index is -0.810. The van der Waals surface area contributed by atoms with Crippen molar-refractivity contribution in [3.63, 3.8) is 0 Å². The van der Waals surface area contributed by atoms with Gasteiger partial charge in [-0.3, -0.25) is 19.6 Å². The molecule has 0 radical (unpaired) electrons. The molecule has 0 saturated carbocycles. The molecule has 0 bridgehead atoms. The number of amides is 2. The average molecular weight is 477 g/mol. The molecule has 0 fully saturated rings. The lowest BCUT2D eigenvalue weighted by molar-refractivity contribution is -0.137. The maximum atomic E-state index is 12.4. The highest BCUT2D eigenvalue weighted by molar-refractivity contribution is 5.85. The van der Waals surface area contributed by atoms with E-state index >= 15 is 0 Å². The van der Waals surface area contributed by atoms with Gasteiger partial charge < -0.3 is 15.2 Å². The molecular weight excluding hydrogens is 448 g/mol. The number of benzene rings is 2. The average Bonchev–Trinajstić information content (AvgIpc) is 3.41. The summed E-state index contributed by atoms with van der Waals surface area (Å²) in [5.41, 5.74) is 5.04. The summed E-state index contributed by atoms with van der Waals surface area (Å²) in [6.07, 6.45) is 4.62. The predicted molar refractivity (Wildman–Crippen MR) is 130 cm³/mol. The number of carboxylic acid groups (broad SMARTS) is 1. The quantitative estimate of drug-likeness (QED) is 0.360. The molecule has 1 heterocycles. The lowest BCUT2D eigenvalue weighted by Gasteiger charge is -2.14. The standard InChI is InChI=1S/C26H28N4O5/c31-24(27-13-7-1-2-12-25(32)33)16-30-15-18(14-28-30)29-26(34)35-17-23-21-10-5-3-8-19(21)20-9-4-6-11-22(20)23/h3-6,8-11,14-15,23H,1-2,7,12-13,16-17H2,(H,27,31)(H,29,34)(H,32,33). The summed E-state index contributed by atoms with van der Waals surface area (Å²) in [5, 5.41) is 18.2. The van der Waals surface area contributed by atoms with Gasteiger partial charge in [-0.05, 0) is 35.1 Å². The highest BCUT2D eigenvalue weighted by Gasteiger charge is 2.29. The third kappa shape index (κ3) is 6.26. The minimum Gasteiger partial charge on any atom is -0.481 e. The van der Waals surface area contributed by atoms with Crippen LogP contribution in [0.3, 0.4) is 0 Å². The largest absolute Gasteiger partial charge is 0.481 e. The van der Waals surface area contributed by atoms with Crippen LogP contribution >= 0.6 is 0 Å². The zero-order chi connectivity index (χ0) is 24.6. The zero-order valence-corrected chi connectivity index (χ0v) is 19.3. The van der Waals surface area contributed by atoms with Gasteiger partial charge in [-0.1, -0.05) is 55.0 Å². The Kier molecular flexibility index (Phi) is 7.77. The van der Waals surface area contributed by atoms with Gasteiger partial charge in [-0.2, -0.15) is 5.10 Å². The summed E-state index contributed by atoms with van der Waals surface area (Å²) in [5.74, 6) is -1.04. The van der Waals surface area contributed by atoms with Crippen LogP contribution in [0.2, 0.25) is 0 Å². The Morgan fingerprint density at radius 1 is 0.971 bits per heavy atom. The molecule has 3 aromatic rings. The van der Waals surface area contributed by atoms with Gasteiger partial charge >= 0.3 is 12.1 Å². The number of nitrogens with one attached hydrogen (secondary N) is 2. The minimum absolute atomic E-state index is 0.0154. The Labute approximate surface area is 203 Å². The molecule has 35 heavy (non-hydrogen) atoms. The molecule has 182 valence electrons. The molecule has 0 aliphatic heterocycles. The Morgan fingerprint density at radius 3 is 2.34 bits per heavy atom. The molecule has 2 aromatic carbocycles. The van der Waals surface area contributed by atoms with Gasteiger partial charge in [0.15, 0.2) is 0 Å². The van der Waals surface area contributed by atoms with Crippen molar-refractivity contribution >= 4 is 23.7 Å². The molecule has 9 heteroatoms. The van der Waals surface area contributed by atoms with Crippen LogP contribution in [0.1, 0.15) is 42.7 Å². The van der Waals surface area contributed by atoms with E-state index in [1.165, 1.54) is 10.9 Å². The Bertz CT molecular complexity index is 1160. The first kappa shape index (κ1) is 24.0. The van der Waals surface area contributed by atoms with Crippen molar-refractivity contribution in [2.24, 2.45) is 0 Å². The van der Waals surface area contributed by atoms with Crippen molar-refractivity contribution in [3.05, 3.63) is 72.1 Å². The van der Waals surface area contributed by atoms with Crippen LogP contribution in [-0.2, 0) is 20.9 Å². The van der Waals surface area contributed by atoms with Gasteiger partial charge in [-0.15, -0.1) is 0 Å². The molecular formula is C26H28N4O5.